The summed E-state index contributed by atoms with van der Waals surface area (Å²) in [4.78, 5) is 22.0. The van der Waals surface area contributed by atoms with E-state index in [1.165, 1.54) is 4.57 Å². The number of aryl methyl sites for hydroxylation is 2. The minimum atomic E-state index is -1.64. The molecule has 0 amide bonds. The van der Waals surface area contributed by atoms with Gasteiger partial charge in [0.25, 0.3) is 0 Å². The summed E-state index contributed by atoms with van der Waals surface area (Å²) in [6, 6.07) is 9.15. The Hall–Kier alpha value is -3.56. The Morgan fingerprint density at radius 1 is 1.16 bits per heavy atom. The van der Waals surface area contributed by atoms with Crippen LogP contribution in [-0.2, 0) is 10.3 Å². The van der Waals surface area contributed by atoms with Crippen molar-refractivity contribution in [2.75, 3.05) is 0 Å². The maximum absolute atomic E-state index is 12.7. The summed E-state index contributed by atoms with van der Waals surface area (Å²) >= 11 is 0. The minimum absolute atomic E-state index is 0.0827. The monoisotopic (exact) mass is 500 g/mol. The molecule has 1 aromatic carbocycles. The lowest BCUT2D eigenvalue weighted by atomic mass is 9.81. The fourth-order valence-corrected chi connectivity index (χ4v) is 6.02. The molecule has 4 heterocycles. The highest BCUT2D eigenvalue weighted by Crippen LogP contribution is 2.55. The van der Waals surface area contributed by atoms with Crippen molar-refractivity contribution in [3.05, 3.63) is 65.1 Å². The number of fused-ring (bicyclic) bond motifs is 1. The molecule has 1 unspecified atom stereocenters. The molecule has 2 N–H and O–H groups in total. The second kappa shape index (κ2) is 7.72. The number of nitrogens with zero attached hydrogens (tertiary/aromatic N) is 4. The highest BCUT2D eigenvalue weighted by Gasteiger charge is 2.57. The SMILES string of the molecule is Cc1noc(C)c1-c1cc([C@](O)(c2ccccn2)C2CCC3(CC3)O2)c2nc(C3CC3)n(C(=O)O)c2c1. The lowest BCUT2D eigenvalue weighted by Crippen LogP contribution is -2.42. The van der Waals surface area contributed by atoms with Gasteiger partial charge in [0.05, 0.1) is 34.1 Å². The maximum atomic E-state index is 12.7. The first-order valence-corrected chi connectivity index (χ1v) is 12.9. The second-order valence-corrected chi connectivity index (χ2v) is 10.8. The van der Waals surface area contributed by atoms with Crippen LogP contribution >= 0.6 is 0 Å². The molecule has 2 atom stereocenters. The van der Waals surface area contributed by atoms with Gasteiger partial charge in [-0.05, 0) is 82.2 Å². The standard InChI is InChI=1S/C28H28N4O5/c1-15-23(16(2)37-31-15)18-13-19(24-20(14-18)32(26(33)34)25(30-24)17-6-7-17)28(35,21-5-3-4-12-29-21)22-8-9-27(36-22)10-11-27/h3-5,12-14,17,22,35H,6-11H2,1-2H3,(H,33,34)/t22?,28-/m0/s1. The minimum Gasteiger partial charge on any atom is -0.464 e. The molecule has 1 saturated heterocycles. The third-order valence-corrected chi connectivity index (χ3v) is 8.24. The van der Waals surface area contributed by atoms with Crippen molar-refractivity contribution in [2.45, 2.75) is 75.6 Å². The zero-order valence-electron chi connectivity index (χ0n) is 20.8. The normalized spacial score (nSPS) is 22.0. The van der Waals surface area contributed by atoms with Gasteiger partial charge in [-0.1, -0.05) is 11.2 Å². The third kappa shape index (κ3) is 3.37. The molecule has 2 aliphatic carbocycles. The van der Waals surface area contributed by atoms with Crippen molar-refractivity contribution in [3.63, 3.8) is 0 Å². The van der Waals surface area contributed by atoms with Gasteiger partial charge >= 0.3 is 6.09 Å². The van der Waals surface area contributed by atoms with E-state index in [0.29, 0.717) is 51.6 Å². The van der Waals surface area contributed by atoms with Gasteiger partial charge in [-0.25, -0.2) is 14.3 Å². The number of benzene rings is 1. The number of carboxylic acid groups (broad SMARTS) is 1. The van der Waals surface area contributed by atoms with Crippen LogP contribution in [0.4, 0.5) is 4.79 Å². The highest BCUT2D eigenvalue weighted by molar-refractivity contribution is 5.93. The van der Waals surface area contributed by atoms with Gasteiger partial charge in [-0.2, -0.15) is 0 Å². The summed E-state index contributed by atoms with van der Waals surface area (Å²) in [7, 11) is 0. The predicted molar refractivity (Wildman–Crippen MR) is 133 cm³/mol. The molecule has 0 bridgehead atoms. The molecule has 9 nitrogen and oxygen atoms in total. The smallest absolute Gasteiger partial charge is 0.417 e. The Balaban J connectivity index is 1.55. The first kappa shape index (κ1) is 22.6. The van der Waals surface area contributed by atoms with Crippen LogP contribution < -0.4 is 0 Å². The van der Waals surface area contributed by atoms with E-state index in [1.807, 2.05) is 38.1 Å². The number of pyridine rings is 1. The van der Waals surface area contributed by atoms with Crippen LogP contribution in [0.3, 0.4) is 0 Å². The molecule has 9 heteroatoms. The fourth-order valence-electron chi connectivity index (χ4n) is 6.02. The van der Waals surface area contributed by atoms with E-state index in [1.54, 1.807) is 12.3 Å². The fraction of sp³-hybridized carbons (Fsp3) is 0.429. The summed E-state index contributed by atoms with van der Waals surface area (Å²) in [6.07, 6.45) is 5.29. The molecule has 4 aromatic rings. The number of imidazole rings is 1. The van der Waals surface area contributed by atoms with Gasteiger partial charge in [0, 0.05) is 23.2 Å². The zero-order chi connectivity index (χ0) is 25.5. The summed E-state index contributed by atoms with van der Waals surface area (Å²) in [5, 5.41) is 27.1. The van der Waals surface area contributed by atoms with Crippen molar-refractivity contribution >= 4 is 17.1 Å². The maximum Gasteiger partial charge on any atom is 0.417 e. The molecule has 37 heavy (non-hydrogen) atoms. The van der Waals surface area contributed by atoms with Crippen LogP contribution in [-0.4, -0.2) is 47.7 Å². The Morgan fingerprint density at radius 2 is 1.97 bits per heavy atom. The van der Waals surface area contributed by atoms with E-state index in [0.717, 1.165) is 37.7 Å². The Morgan fingerprint density at radius 3 is 2.57 bits per heavy atom. The van der Waals surface area contributed by atoms with Gasteiger partial charge in [0.1, 0.15) is 11.6 Å². The lowest BCUT2D eigenvalue weighted by Gasteiger charge is -2.34. The molecule has 1 aliphatic heterocycles. The summed E-state index contributed by atoms with van der Waals surface area (Å²) in [6.45, 7) is 3.67. The molecule has 3 fully saturated rings. The number of hydrogen-bond acceptors (Lipinski definition) is 7. The van der Waals surface area contributed by atoms with E-state index in [-0.39, 0.29) is 11.5 Å². The summed E-state index contributed by atoms with van der Waals surface area (Å²) in [5.74, 6) is 1.20. The largest absolute Gasteiger partial charge is 0.464 e. The topological polar surface area (TPSA) is 124 Å². The van der Waals surface area contributed by atoms with Crippen LogP contribution in [0.15, 0.2) is 41.1 Å². The number of rotatable bonds is 5. The van der Waals surface area contributed by atoms with Crippen LogP contribution in [0.25, 0.3) is 22.2 Å². The highest BCUT2D eigenvalue weighted by atomic mass is 16.5. The van der Waals surface area contributed by atoms with Crippen LogP contribution in [0.1, 0.15) is 73.0 Å². The number of carbonyl (C=O) groups is 1. The summed E-state index contributed by atoms with van der Waals surface area (Å²) in [5.41, 5.74) is 2.16. The molecule has 0 radical (unpaired) electrons. The van der Waals surface area contributed by atoms with Crippen molar-refractivity contribution in [1.82, 2.24) is 19.7 Å². The molecule has 3 aliphatic rings. The second-order valence-electron chi connectivity index (χ2n) is 10.8. The lowest BCUT2D eigenvalue weighted by molar-refractivity contribution is -0.0934. The van der Waals surface area contributed by atoms with E-state index in [4.69, 9.17) is 14.2 Å². The van der Waals surface area contributed by atoms with Gasteiger partial charge in [0.2, 0.25) is 0 Å². The van der Waals surface area contributed by atoms with Crippen molar-refractivity contribution in [3.8, 4) is 11.1 Å². The van der Waals surface area contributed by atoms with Gasteiger partial charge in [0.15, 0.2) is 5.60 Å². The van der Waals surface area contributed by atoms with Gasteiger partial charge in [-0.15, -0.1) is 0 Å². The molecule has 2 saturated carbocycles. The van der Waals surface area contributed by atoms with Crippen molar-refractivity contribution in [1.29, 1.82) is 0 Å². The van der Waals surface area contributed by atoms with Crippen LogP contribution in [0.2, 0.25) is 0 Å². The zero-order valence-corrected chi connectivity index (χ0v) is 20.8. The Labute approximate surface area is 213 Å². The molecule has 190 valence electrons. The molecule has 3 aromatic heterocycles. The average Bonchev–Trinajstić information content (AvgIpc) is 3.76. The van der Waals surface area contributed by atoms with Crippen molar-refractivity contribution in [2.24, 2.45) is 0 Å². The number of aromatic nitrogens is 4. The first-order valence-electron chi connectivity index (χ1n) is 12.9. The Bertz CT molecular complexity index is 1530. The quantitative estimate of drug-likeness (QED) is 0.390. The third-order valence-electron chi connectivity index (χ3n) is 8.24. The van der Waals surface area contributed by atoms with Gasteiger partial charge in [-0.3, -0.25) is 4.98 Å². The average molecular weight is 501 g/mol. The Kier molecular flexibility index (Phi) is 4.72. The number of ether oxygens (including phenoxy) is 1. The number of aliphatic hydroxyl groups is 1. The first-order chi connectivity index (χ1) is 17.8. The predicted octanol–water partition coefficient (Wildman–Crippen LogP) is 5.05. The van der Waals surface area contributed by atoms with E-state index >= 15 is 0 Å². The van der Waals surface area contributed by atoms with E-state index in [9.17, 15) is 15.0 Å². The van der Waals surface area contributed by atoms with E-state index < -0.39 is 17.8 Å². The molecule has 1 spiro atoms. The molecular formula is C28H28N4O5. The van der Waals surface area contributed by atoms with Crippen LogP contribution in [0, 0.1) is 13.8 Å². The van der Waals surface area contributed by atoms with Gasteiger partial charge < -0.3 is 19.5 Å². The molecule has 7 rings (SSSR count). The van der Waals surface area contributed by atoms with Crippen molar-refractivity contribution < 1.29 is 24.3 Å². The number of hydrogen-bond donors (Lipinski definition) is 2. The van der Waals surface area contributed by atoms with E-state index in [2.05, 4.69) is 10.1 Å². The molecular weight excluding hydrogens is 472 g/mol. The summed E-state index contributed by atoms with van der Waals surface area (Å²) < 4.78 is 13.3. The van der Waals surface area contributed by atoms with Crippen LogP contribution in [0.5, 0.6) is 0 Å².